The van der Waals surface area contributed by atoms with Gasteiger partial charge in [0.2, 0.25) is 0 Å². The lowest BCUT2D eigenvalue weighted by Crippen LogP contribution is -2.29. The van der Waals surface area contributed by atoms with E-state index < -0.39 is 15.1 Å². The second kappa shape index (κ2) is 6.66. The highest BCUT2D eigenvalue weighted by atomic mass is 32.2. The van der Waals surface area contributed by atoms with Crippen molar-refractivity contribution in [1.29, 1.82) is 0 Å². The first-order valence-electron chi connectivity index (χ1n) is 7.26. The third-order valence-corrected chi connectivity index (χ3v) is 5.92. The zero-order valence-corrected chi connectivity index (χ0v) is 13.6. The Hall–Kier alpha value is -1.27. The van der Waals surface area contributed by atoms with Crippen LogP contribution in [0.15, 0.2) is 23.1 Å². The molecule has 0 saturated heterocycles. The smallest absolute Gasteiger partial charge is 0.181 e. The van der Waals surface area contributed by atoms with E-state index in [0.29, 0.717) is 36.0 Å². The molecule has 1 aromatic carbocycles. The molecular weight excluding hydrogens is 290 g/mol. The summed E-state index contributed by atoms with van der Waals surface area (Å²) in [6.45, 7) is 4.85. The Morgan fingerprint density at radius 3 is 2.52 bits per heavy atom. The molecule has 6 heteroatoms. The molecule has 1 aliphatic heterocycles. The number of sulfone groups is 1. The molecule has 0 aromatic heterocycles. The minimum absolute atomic E-state index is 0.148. The molecular formula is C15H23NO4S. The highest BCUT2D eigenvalue weighted by Gasteiger charge is 2.26. The molecule has 1 aromatic rings. The van der Waals surface area contributed by atoms with E-state index in [0.717, 1.165) is 6.42 Å². The SMILES string of the molecule is CNC(C)CC(C)S(=O)(=O)c1ccc2c(c1)OCCCO2. The summed E-state index contributed by atoms with van der Waals surface area (Å²) in [6.07, 6.45) is 1.36. The van der Waals surface area contributed by atoms with Crippen LogP contribution in [-0.4, -0.2) is 40.0 Å². The van der Waals surface area contributed by atoms with Crippen LogP contribution in [-0.2, 0) is 9.84 Å². The van der Waals surface area contributed by atoms with Gasteiger partial charge in [-0.05, 0) is 39.4 Å². The largest absolute Gasteiger partial charge is 0.490 e. The van der Waals surface area contributed by atoms with Gasteiger partial charge in [0.15, 0.2) is 21.3 Å². The first kappa shape index (κ1) is 16.1. The molecule has 118 valence electrons. The van der Waals surface area contributed by atoms with Gasteiger partial charge in [-0.25, -0.2) is 8.42 Å². The van der Waals surface area contributed by atoms with Crippen molar-refractivity contribution in [3.8, 4) is 11.5 Å². The summed E-state index contributed by atoms with van der Waals surface area (Å²) in [7, 11) is -1.53. The molecule has 0 fully saturated rings. The first-order valence-corrected chi connectivity index (χ1v) is 8.80. The Balaban J connectivity index is 2.26. The van der Waals surface area contributed by atoms with Gasteiger partial charge in [0.05, 0.1) is 23.4 Å². The number of hydrogen-bond acceptors (Lipinski definition) is 5. The Morgan fingerprint density at radius 1 is 1.19 bits per heavy atom. The normalized spacial score (nSPS) is 17.9. The number of benzene rings is 1. The molecule has 0 bridgehead atoms. The van der Waals surface area contributed by atoms with E-state index >= 15 is 0 Å². The van der Waals surface area contributed by atoms with Crippen LogP contribution in [0.2, 0.25) is 0 Å². The van der Waals surface area contributed by atoms with E-state index in [1.54, 1.807) is 25.1 Å². The molecule has 0 radical (unpaired) electrons. The lowest BCUT2D eigenvalue weighted by Gasteiger charge is -2.18. The van der Waals surface area contributed by atoms with Crippen molar-refractivity contribution in [2.75, 3.05) is 20.3 Å². The maximum atomic E-state index is 12.6. The zero-order valence-electron chi connectivity index (χ0n) is 12.8. The Kier molecular flexibility index (Phi) is 5.11. The van der Waals surface area contributed by atoms with Gasteiger partial charge in [0.1, 0.15) is 0 Å². The third-order valence-electron chi connectivity index (χ3n) is 3.76. The Labute approximate surface area is 126 Å². The van der Waals surface area contributed by atoms with Crippen LogP contribution in [0.1, 0.15) is 26.7 Å². The van der Waals surface area contributed by atoms with Gasteiger partial charge >= 0.3 is 0 Å². The fourth-order valence-electron chi connectivity index (χ4n) is 2.30. The van der Waals surface area contributed by atoms with E-state index in [2.05, 4.69) is 5.32 Å². The van der Waals surface area contributed by atoms with E-state index in [1.165, 1.54) is 0 Å². The van der Waals surface area contributed by atoms with Crippen LogP contribution in [0.4, 0.5) is 0 Å². The van der Waals surface area contributed by atoms with Crippen molar-refractivity contribution in [2.45, 2.75) is 42.9 Å². The molecule has 2 rings (SSSR count). The molecule has 0 aliphatic carbocycles. The zero-order chi connectivity index (χ0) is 15.5. The predicted octanol–water partition coefficient (Wildman–Crippen LogP) is 2.01. The highest BCUT2D eigenvalue weighted by Crippen LogP contribution is 2.33. The standard InChI is InChI=1S/C15H23NO4S/c1-11(16-3)9-12(2)21(17,18)13-5-6-14-15(10-13)20-8-4-7-19-14/h5-6,10-12,16H,4,7-9H2,1-3H3. The summed E-state index contributed by atoms with van der Waals surface area (Å²) in [5.41, 5.74) is 0. The van der Waals surface area contributed by atoms with Gasteiger partial charge in [0.25, 0.3) is 0 Å². The second-order valence-electron chi connectivity index (χ2n) is 5.44. The summed E-state index contributed by atoms with van der Waals surface area (Å²) in [4.78, 5) is 0.294. The first-order chi connectivity index (χ1) is 9.95. The fourth-order valence-corrected chi connectivity index (χ4v) is 3.83. The van der Waals surface area contributed by atoms with Crippen molar-refractivity contribution >= 4 is 9.84 Å². The van der Waals surface area contributed by atoms with Crippen molar-refractivity contribution < 1.29 is 17.9 Å². The van der Waals surface area contributed by atoms with Gasteiger partial charge in [-0.1, -0.05) is 0 Å². The van der Waals surface area contributed by atoms with E-state index in [9.17, 15) is 8.42 Å². The van der Waals surface area contributed by atoms with Gasteiger partial charge < -0.3 is 14.8 Å². The fraction of sp³-hybridized carbons (Fsp3) is 0.600. The summed E-state index contributed by atoms with van der Waals surface area (Å²) in [6, 6.07) is 5.01. The van der Waals surface area contributed by atoms with Crippen LogP contribution >= 0.6 is 0 Å². The highest BCUT2D eigenvalue weighted by molar-refractivity contribution is 7.92. The van der Waals surface area contributed by atoms with Gasteiger partial charge in [-0.3, -0.25) is 0 Å². The molecule has 1 heterocycles. The number of rotatable bonds is 5. The van der Waals surface area contributed by atoms with Crippen LogP contribution in [0.3, 0.4) is 0 Å². The molecule has 1 aliphatic rings. The Bertz CT molecular complexity index is 585. The Morgan fingerprint density at radius 2 is 1.86 bits per heavy atom. The van der Waals surface area contributed by atoms with Crippen LogP contribution in [0, 0.1) is 0 Å². The van der Waals surface area contributed by atoms with E-state index in [-0.39, 0.29) is 6.04 Å². The predicted molar refractivity (Wildman–Crippen MR) is 81.8 cm³/mol. The van der Waals surface area contributed by atoms with E-state index in [4.69, 9.17) is 9.47 Å². The maximum Gasteiger partial charge on any atom is 0.181 e. The molecule has 2 unspecified atom stereocenters. The lowest BCUT2D eigenvalue weighted by molar-refractivity contribution is 0.297. The molecule has 5 nitrogen and oxygen atoms in total. The van der Waals surface area contributed by atoms with Crippen molar-refractivity contribution in [3.05, 3.63) is 18.2 Å². The van der Waals surface area contributed by atoms with Crippen LogP contribution < -0.4 is 14.8 Å². The molecule has 21 heavy (non-hydrogen) atoms. The summed E-state index contributed by atoms with van der Waals surface area (Å²) in [5.74, 6) is 1.13. The topological polar surface area (TPSA) is 64.6 Å². The molecule has 1 N–H and O–H groups in total. The van der Waals surface area contributed by atoms with E-state index in [1.807, 2.05) is 14.0 Å². The van der Waals surface area contributed by atoms with Crippen LogP contribution in [0.5, 0.6) is 11.5 Å². The monoisotopic (exact) mass is 313 g/mol. The average Bonchev–Trinajstić information content (AvgIpc) is 2.71. The maximum absolute atomic E-state index is 12.6. The quantitative estimate of drug-likeness (QED) is 0.901. The number of fused-ring (bicyclic) bond motifs is 1. The number of hydrogen-bond donors (Lipinski definition) is 1. The second-order valence-corrected chi connectivity index (χ2v) is 7.81. The van der Waals surface area contributed by atoms with Crippen molar-refractivity contribution in [1.82, 2.24) is 5.32 Å². The minimum Gasteiger partial charge on any atom is -0.490 e. The molecule has 2 atom stereocenters. The summed E-state index contributed by atoms with van der Waals surface area (Å²) < 4.78 is 36.4. The van der Waals surface area contributed by atoms with Crippen molar-refractivity contribution in [2.24, 2.45) is 0 Å². The minimum atomic E-state index is -3.37. The van der Waals surface area contributed by atoms with Crippen LogP contribution in [0.25, 0.3) is 0 Å². The molecule has 0 spiro atoms. The third kappa shape index (κ3) is 3.68. The lowest BCUT2D eigenvalue weighted by atomic mass is 10.2. The van der Waals surface area contributed by atoms with Gasteiger partial charge in [-0.15, -0.1) is 0 Å². The van der Waals surface area contributed by atoms with Crippen molar-refractivity contribution in [3.63, 3.8) is 0 Å². The van der Waals surface area contributed by atoms with Gasteiger partial charge in [-0.2, -0.15) is 0 Å². The average molecular weight is 313 g/mol. The summed E-state index contributed by atoms with van der Waals surface area (Å²) in [5, 5.41) is 2.61. The molecule has 0 amide bonds. The van der Waals surface area contributed by atoms with Gasteiger partial charge in [0, 0.05) is 18.5 Å². The number of ether oxygens (including phenoxy) is 2. The number of nitrogens with one attached hydrogen (secondary N) is 1. The molecule has 0 saturated carbocycles. The summed E-state index contributed by atoms with van der Waals surface area (Å²) >= 11 is 0.